The monoisotopic (exact) mass is 506 g/mol. The topological polar surface area (TPSA) is 34.0 Å². The van der Waals surface area contributed by atoms with Crippen LogP contribution in [0.2, 0.25) is 0 Å². The van der Waals surface area contributed by atoms with E-state index in [1.807, 2.05) is 12.1 Å². The molecule has 8 rings (SSSR count). The first-order valence-electron chi connectivity index (χ1n) is 12.7. The molecule has 0 unspecified atom stereocenters. The third kappa shape index (κ3) is 3.09. The summed E-state index contributed by atoms with van der Waals surface area (Å²) in [6.45, 7) is 0. The molecule has 0 radical (unpaired) electrons. The summed E-state index contributed by atoms with van der Waals surface area (Å²) in [6.07, 6.45) is 0. The van der Waals surface area contributed by atoms with Crippen molar-refractivity contribution in [2.75, 3.05) is 11.9 Å². The molecule has 2 aromatic heterocycles. The number of thiazole rings is 1. The van der Waals surface area contributed by atoms with Crippen LogP contribution in [0.1, 0.15) is 0 Å². The van der Waals surface area contributed by atoms with Crippen molar-refractivity contribution in [3.63, 3.8) is 0 Å². The summed E-state index contributed by atoms with van der Waals surface area (Å²) < 4.78 is 3.54. The molecule has 0 fully saturated rings. The van der Waals surface area contributed by atoms with Crippen molar-refractivity contribution < 1.29 is 0 Å². The van der Waals surface area contributed by atoms with Crippen LogP contribution >= 0.6 is 11.3 Å². The second-order valence-corrected chi connectivity index (χ2v) is 10.6. The second-order valence-electron chi connectivity index (χ2n) is 9.58. The van der Waals surface area contributed by atoms with Gasteiger partial charge in [-0.05, 0) is 35.9 Å². The number of hydrogen-bond donors (Lipinski definition) is 0. The second kappa shape index (κ2) is 8.13. The lowest BCUT2D eigenvalue weighted by molar-refractivity contribution is 1.05. The van der Waals surface area contributed by atoms with Crippen molar-refractivity contribution in [3.05, 3.63) is 115 Å². The molecular weight excluding hydrogens is 484 g/mol. The van der Waals surface area contributed by atoms with Crippen molar-refractivity contribution in [1.82, 2.24) is 14.5 Å². The number of para-hydroxylation sites is 3. The van der Waals surface area contributed by atoms with Crippen LogP contribution < -0.4 is 4.90 Å². The van der Waals surface area contributed by atoms with Crippen LogP contribution in [0.4, 0.5) is 11.4 Å². The minimum atomic E-state index is 0.964. The Bertz CT molecular complexity index is 1950. The lowest BCUT2D eigenvalue weighted by Gasteiger charge is -2.32. The summed E-state index contributed by atoms with van der Waals surface area (Å²) >= 11 is 1.74. The number of anilines is 2. The van der Waals surface area contributed by atoms with Crippen LogP contribution in [0.15, 0.2) is 115 Å². The largest absolute Gasteiger partial charge is 0.341 e. The molecule has 7 aromatic rings. The first kappa shape index (κ1) is 21.4. The van der Waals surface area contributed by atoms with E-state index in [2.05, 4.69) is 120 Å². The van der Waals surface area contributed by atoms with E-state index in [1.165, 1.54) is 21.5 Å². The molecule has 1 aliphatic rings. The maximum Gasteiger partial charge on any atom is 0.145 e. The van der Waals surface area contributed by atoms with E-state index in [0.29, 0.717) is 0 Å². The van der Waals surface area contributed by atoms with Crippen LogP contribution in [0.3, 0.4) is 0 Å². The first-order valence-corrected chi connectivity index (χ1v) is 13.5. The highest BCUT2D eigenvalue weighted by atomic mass is 32.1. The van der Waals surface area contributed by atoms with Gasteiger partial charge in [0.1, 0.15) is 10.8 Å². The van der Waals surface area contributed by atoms with Gasteiger partial charge in [0, 0.05) is 23.7 Å². The zero-order chi connectivity index (χ0) is 25.2. The van der Waals surface area contributed by atoms with Gasteiger partial charge in [0.05, 0.1) is 38.3 Å². The molecule has 0 aliphatic carbocycles. The molecule has 0 spiro atoms. The Hall–Kier alpha value is -4.74. The van der Waals surface area contributed by atoms with E-state index in [0.717, 1.165) is 49.9 Å². The SMILES string of the molecule is CN1c2c(-c3ccc(-c4nc5ccccc5s4)cc3)cccc2-n2c(-c3ccccc3)nc3cccc1c32. The minimum Gasteiger partial charge on any atom is -0.341 e. The third-order valence-corrected chi connectivity index (χ3v) is 8.46. The molecule has 3 heterocycles. The molecule has 180 valence electrons. The van der Waals surface area contributed by atoms with Crippen LogP contribution in [0, 0.1) is 0 Å². The van der Waals surface area contributed by atoms with Gasteiger partial charge in [-0.3, -0.25) is 4.57 Å². The lowest BCUT2D eigenvalue weighted by Crippen LogP contribution is -2.19. The highest BCUT2D eigenvalue weighted by molar-refractivity contribution is 7.21. The van der Waals surface area contributed by atoms with E-state index in [-0.39, 0.29) is 0 Å². The van der Waals surface area contributed by atoms with Crippen LogP contribution in [-0.4, -0.2) is 21.6 Å². The summed E-state index contributed by atoms with van der Waals surface area (Å²) in [4.78, 5) is 12.2. The zero-order valence-corrected chi connectivity index (χ0v) is 21.5. The van der Waals surface area contributed by atoms with Crippen LogP contribution in [0.25, 0.3) is 60.0 Å². The highest BCUT2D eigenvalue weighted by Gasteiger charge is 2.28. The van der Waals surface area contributed by atoms with Gasteiger partial charge in [-0.15, -0.1) is 11.3 Å². The molecule has 5 heteroatoms. The van der Waals surface area contributed by atoms with Gasteiger partial charge >= 0.3 is 0 Å². The Labute approximate surface area is 224 Å². The Morgan fingerprint density at radius 3 is 2.13 bits per heavy atom. The van der Waals surface area contributed by atoms with Gasteiger partial charge in [-0.2, -0.15) is 0 Å². The number of fused-ring (bicyclic) bond motifs is 3. The smallest absolute Gasteiger partial charge is 0.145 e. The van der Waals surface area contributed by atoms with Gasteiger partial charge in [0.25, 0.3) is 0 Å². The van der Waals surface area contributed by atoms with Gasteiger partial charge in [-0.1, -0.05) is 84.9 Å². The normalized spacial score (nSPS) is 12.3. The van der Waals surface area contributed by atoms with E-state index >= 15 is 0 Å². The van der Waals surface area contributed by atoms with Crippen molar-refractivity contribution >= 4 is 44.0 Å². The van der Waals surface area contributed by atoms with Crippen LogP contribution in [-0.2, 0) is 0 Å². The van der Waals surface area contributed by atoms with Gasteiger partial charge in [0.15, 0.2) is 0 Å². The Morgan fingerprint density at radius 1 is 0.579 bits per heavy atom. The van der Waals surface area contributed by atoms with Gasteiger partial charge in [0.2, 0.25) is 0 Å². The number of hydrogen-bond acceptors (Lipinski definition) is 4. The van der Waals surface area contributed by atoms with E-state index in [4.69, 9.17) is 9.97 Å². The van der Waals surface area contributed by atoms with Gasteiger partial charge in [-0.25, -0.2) is 9.97 Å². The quantitative estimate of drug-likeness (QED) is 0.240. The number of benzene rings is 5. The fourth-order valence-electron chi connectivity index (χ4n) is 5.60. The molecule has 0 bridgehead atoms. The van der Waals surface area contributed by atoms with Gasteiger partial charge < -0.3 is 4.90 Å². The predicted octanol–water partition coefficient (Wildman–Crippen LogP) is 8.72. The Balaban J connectivity index is 1.30. The third-order valence-electron chi connectivity index (χ3n) is 7.38. The fourth-order valence-corrected chi connectivity index (χ4v) is 6.57. The maximum atomic E-state index is 5.08. The predicted molar refractivity (Wildman–Crippen MR) is 159 cm³/mol. The highest BCUT2D eigenvalue weighted by Crippen LogP contribution is 2.48. The van der Waals surface area contributed by atoms with E-state index in [9.17, 15) is 0 Å². The molecule has 4 nitrogen and oxygen atoms in total. The molecule has 5 aromatic carbocycles. The maximum absolute atomic E-state index is 5.08. The average Bonchev–Trinajstić information content (AvgIpc) is 3.59. The van der Waals surface area contributed by atoms with Crippen LogP contribution in [0.5, 0.6) is 0 Å². The summed E-state index contributed by atoms with van der Waals surface area (Å²) in [7, 11) is 2.16. The molecule has 0 saturated carbocycles. The van der Waals surface area contributed by atoms with Crippen molar-refractivity contribution in [1.29, 1.82) is 0 Å². The molecular formula is C33H22N4S. The molecule has 0 saturated heterocycles. The molecule has 0 N–H and O–H groups in total. The standard InChI is InChI=1S/C33H22N4S/c1-36-27-14-8-13-26-31(27)37(32(34-26)22-9-3-2-4-10-22)28-15-7-11-24(30(28)36)21-17-19-23(20-18-21)33-35-25-12-5-6-16-29(25)38-33/h2-20H,1H3. The molecule has 1 aliphatic heterocycles. The molecule has 38 heavy (non-hydrogen) atoms. The van der Waals surface area contributed by atoms with Crippen molar-refractivity contribution in [2.45, 2.75) is 0 Å². The van der Waals surface area contributed by atoms with Crippen molar-refractivity contribution in [2.24, 2.45) is 0 Å². The molecule has 0 amide bonds. The summed E-state index contributed by atoms with van der Waals surface area (Å²) in [5.41, 5.74) is 11.3. The number of aromatic nitrogens is 3. The number of nitrogens with zero attached hydrogens (tertiary/aromatic N) is 4. The first-order chi connectivity index (χ1) is 18.8. The van der Waals surface area contributed by atoms with Crippen molar-refractivity contribution in [3.8, 4) is 38.8 Å². The fraction of sp³-hybridized carbons (Fsp3) is 0.0303. The summed E-state index contributed by atoms with van der Waals surface area (Å²) in [6, 6.07) is 40.5. The Morgan fingerprint density at radius 2 is 1.29 bits per heavy atom. The average molecular weight is 507 g/mol. The number of rotatable bonds is 3. The van der Waals surface area contributed by atoms with E-state index < -0.39 is 0 Å². The lowest BCUT2D eigenvalue weighted by atomic mass is 9.98. The zero-order valence-electron chi connectivity index (χ0n) is 20.7. The Kier molecular flexibility index (Phi) is 4.57. The summed E-state index contributed by atoms with van der Waals surface area (Å²) in [5.74, 6) is 0.964. The summed E-state index contributed by atoms with van der Waals surface area (Å²) in [5, 5.41) is 1.05. The molecule has 0 atom stereocenters. The minimum absolute atomic E-state index is 0.964. The van der Waals surface area contributed by atoms with E-state index in [1.54, 1.807) is 11.3 Å². The number of imidazole rings is 1.